The molecule has 6 nitrogen and oxygen atoms in total. The van der Waals surface area contributed by atoms with E-state index in [1.807, 2.05) is 24.3 Å². The molecule has 0 radical (unpaired) electrons. The van der Waals surface area contributed by atoms with Gasteiger partial charge in [-0.1, -0.05) is 45.0 Å². The van der Waals surface area contributed by atoms with E-state index in [2.05, 4.69) is 36.1 Å². The Balaban J connectivity index is 2.01. The van der Waals surface area contributed by atoms with E-state index in [-0.39, 0.29) is 11.8 Å². The number of nitrogens with one attached hydrogen (secondary N) is 2. The number of carbonyl (C=O) groups is 3. The van der Waals surface area contributed by atoms with Crippen molar-refractivity contribution in [1.29, 1.82) is 0 Å². The van der Waals surface area contributed by atoms with Gasteiger partial charge in [0.1, 0.15) is 6.42 Å². The summed E-state index contributed by atoms with van der Waals surface area (Å²) >= 11 is 0. The van der Waals surface area contributed by atoms with E-state index in [0.29, 0.717) is 16.9 Å². The zero-order valence-corrected chi connectivity index (χ0v) is 16.0. The number of amides is 2. The molecule has 0 aliphatic heterocycles. The second-order valence-corrected chi connectivity index (χ2v) is 7.14. The maximum absolute atomic E-state index is 12.3. The predicted octanol–water partition coefficient (Wildman–Crippen LogP) is 3.74. The Labute approximate surface area is 158 Å². The number of methoxy groups -OCH3 is 1. The van der Waals surface area contributed by atoms with Crippen LogP contribution in [0, 0.1) is 0 Å². The molecule has 0 aliphatic rings. The molecule has 2 aromatic rings. The summed E-state index contributed by atoms with van der Waals surface area (Å²) in [4.78, 5) is 36.0. The number of esters is 1. The first kappa shape index (κ1) is 20.2. The highest BCUT2D eigenvalue weighted by atomic mass is 16.5. The lowest BCUT2D eigenvalue weighted by Gasteiger charge is -2.22. The standard InChI is InChI=1S/C21H24N2O4/c1-21(2,3)16-10-5-6-11-17(16)23-19(25)13-18(24)22-15-9-7-8-14(12-15)20(26)27-4/h5-12H,13H2,1-4H3,(H,22,24)(H,23,25). The van der Waals surface area contributed by atoms with Crippen molar-refractivity contribution in [2.45, 2.75) is 32.6 Å². The van der Waals surface area contributed by atoms with Crippen LogP contribution in [-0.4, -0.2) is 24.9 Å². The molecule has 0 fully saturated rings. The van der Waals surface area contributed by atoms with Crippen LogP contribution in [0.4, 0.5) is 11.4 Å². The Morgan fingerprint density at radius 3 is 2.26 bits per heavy atom. The maximum atomic E-state index is 12.3. The van der Waals surface area contributed by atoms with Gasteiger partial charge >= 0.3 is 5.97 Å². The summed E-state index contributed by atoms with van der Waals surface area (Å²) in [5.74, 6) is -1.38. The molecular weight excluding hydrogens is 344 g/mol. The molecule has 6 heteroatoms. The molecule has 2 aromatic carbocycles. The van der Waals surface area contributed by atoms with E-state index in [1.165, 1.54) is 13.2 Å². The topological polar surface area (TPSA) is 84.5 Å². The summed E-state index contributed by atoms with van der Waals surface area (Å²) in [5, 5.41) is 5.41. The van der Waals surface area contributed by atoms with Crippen molar-refractivity contribution in [2.24, 2.45) is 0 Å². The molecule has 0 aromatic heterocycles. The first-order chi connectivity index (χ1) is 12.7. The SMILES string of the molecule is COC(=O)c1cccc(NC(=O)CC(=O)Nc2ccccc2C(C)(C)C)c1. The summed E-state index contributed by atoms with van der Waals surface area (Å²) in [6.07, 6.45) is -0.332. The Morgan fingerprint density at radius 1 is 0.926 bits per heavy atom. The summed E-state index contributed by atoms with van der Waals surface area (Å²) in [6, 6.07) is 13.9. The number of ether oxygens (including phenoxy) is 1. The summed E-state index contributed by atoms with van der Waals surface area (Å²) < 4.78 is 4.65. The van der Waals surface area contributed by atoms with Crippen LogP contribution in [0.25, 0.3) is 0 Å². The van der Waals surface area contributed by atoms with Gasteiger partial charge in [0.2, 0.25) is 11.8 Å². The van der Waals surface area contributed by atoms with Crippen LogP contribution in [0.1, 0.15) is 43.1 Å². The summed E-state index contributed by atoms with van der Waals surface area (Å²) in [6.45, 7) is 6.16. The normalized spacial score (nSPS) is 10.8. The molecular formula is C21H24N2O4. The van der Waals surface area contributed by atoms with Crippen LogP contribution >= 0.6 is 0 Å². The Morgan fingerprint density at radius 2 is 1.59 bits per heavy atom. The molecule has 27 heavy (non-hydrogen) atoms. The van der Waals surface area contributed by atoms with Gasteiger partial charge in [0.15, 0.2) is 0 Å². The van der Waals surface area contributed by atoms with Crippen LogP contribution < -0.4 is 10.6 Å². The molecule has 0 saturated heterocycles. The third kappa shape index (κ3) is 5.67. The average molecular weight is 368 g/mol. The Hall–Kier alpha value is -3.15. The van der Waals surface area contributed by atoms with Crippen LogP contribution in [-0.2, 0) is 19.7 Å². The molecule has 0 aliphatic carbocycles. The quantitative estimate of drug-likeness (QED) is 0.622. The number of benzene rings is 2. The van der Waals surface area contributed by atoms with Gasteiger partial charge in [-0.25, -0.2) is 4.79 Å². The average Bonchev–Trinajstić information content (AvgIpc) is 2.60. The van der Waals surface area contributed by atoms with Gasteiger partial charge in [-0.15, -0.1) is 0 Å². The third-order valence-electron chi connectivity index (χ3n) is 3.90. The van der Waals surface area contributed by atoms with Crippen LogP contribution in [0.2, 0.25) is 0 Å². The zero-order chi connectivity index (χ0) is 20.0. The monoisotopic (exact) mass is 368 g/mol. The molecule has 0 bridgehead atoms. The molecule has 142 valence electrons. The summed E-state index contributed by atoms with van der Waals surface area (Å²) in [7, 11) is 1.29. The van der Waals surface area contributed by atoms with Crippen molar-refractivity contribution in [3.8, 4) is 0 Å². The molecule has 0 spiro atoms. The van der Waals surface area contributed by atoms with Crippen molar-refractivity contribution in [3.63, 3.8) is 0 Å². The number of para-hydroxylation sites is 1. The third-order valence-corrected chi connectivity index (χ3v) is 3.90. The van der Waals surface area contributed by atoms with Gasteiger partial charge < -0.3 is 15.4 Å². The van der Waals surface area contributed by atoms with Gasteiger partial charge in [0.25, 0.3) is 0 Å². The van der Waals surface area contributed by atoms with E-state index in [0.717, 1.165) is 5.56 Å². The number of rotatable bonds is 5. The summed E-state index contributed by atoms with van der Waals surface area (Å²) in [5.41, 5.74) is 2.28. The predicted molar refractivity (Wildman–Crippen MR) is 105 cm³/mol. The van der Waals surface area contributed by atoms with Crippen molar-refractivity contribution in [3.05, 3.63) is 59.7 Å². The van der Waals surface area contributed by atoms with E-state index in [4.69, 9.17) is 0 Å². The second-order valence-electron chi connectivity index (χ2n) is 7.14. The zero-order valence-electron chi connectivity index (χ0n) is 16.0. The van der Waals surface area contributed by atoms with Crippen molar-refractivity contribution < 1.29 is 19.1 Å². The number of anilines is 2. The van der Waals surface area contributed by atoms with Gasteiger partial charge in [-0.2, -0.15) is 0 Å². The molecule has 0 heterocycles. The lowest BCUT2D eigenvalue weighted by Crippen LogP contribution is -2.23. The van der Waals surface area contributed by atoms with Crippen LogP contribution in [0.5, 0.6) is 0 Å². The van der Waals surface area contributed by atoms with E-state index in [1.54, 1.807) is 18.2 Å². The highest BCUT2D eigenvalue weighted by Gasteiger charge is 2.19. The number of hydrogen-bond acceptors (Lipinski definition) is 4. The van der Waals surface area contributed by atoms with E-state index >= 15 is 0 Å². The van der Waals surface area contributed by atoms with Gasteiger partial charge in [-0.3, -0.25) is 9.59 Å². The molecule has 2 rings (SSSR count). The minimum Gasteiger partial charge on any atom is -0.465 e. The Bertz CT molecular complexity index is 853. The maximum Gasteiger partial charge on any atom is 0.337 e. The largest absolute Gasteiger partial charge is 0.465 e. The highest BCUT2D eigenvalue weighted by molar-refractivity contribution is 6.08. The number of hydrogen-bond donors (Lipinski definition) is 2. The van der Waals surface area contributed by atoms with Gasteiger partial charge in [-0.05, 0) is 35.2 Å². The first-order valence-electron chi connectivity index (χ1n) is 8.58. The lowest BCUT2D eigenvalue weighted by molar-refractivity contribution is -0.123. The molecule has 0 saturated carbocycles. The highest BCUT2D eigenvalue weighted by Crippen LogP contribution is 2.29. The Kier molecular flexibility index (Phi) is 6.34. The fourth-order valence-corrected chi connectivity index (χ4v) is 2.63. The van der Waals surface area contributed by atoms with Crippen molar-refractivity contribution in [1.82, 2.24) is 0 Å². The fourth-order valence-electron chi connectivity index (χ4n) is 2.63. The molecule has 2 N–H and O–H groups in total. The second kappa shape index (κ2) is 8.49. The smallest absolute Gasteiger partial charge is 0.337 e. The lowest BCUT2D eigenvalue weighted by atomic mass is 9.86. The van der Waals surface area contributed by atoms with E-state index < -0.39 is 17.8 Å². The van der Waals surface area contributed by atoms with Crippen molar-refractivity contribution >= 4 is 29.2 Å². The van der Waals surface area contributed by atoms with Gasteiger partial charge in [0, 0.05) is 11.4 Å². The van der Waals surface area contributed by atoms with Crippen molar-refractivity contribution in [2.75, 3.05) is 17.7 Å². The molecule has 0 atom stereocenters. The minimum atomic E-state index is -0.498. The molecule has 2 amide bonds. The van der Waals surface area contributed by atoms with Crippen LogP contribution in [0.15, 0.2) is 48.5 Å². The number of carbonyl (C=O) groups excluding carboxylic acids is 3. The van der Waals surface area contributed by atoms with E-state index in [9.17, 15) is 14.4 Å². The molecule has 0 unspecified atom stereocenters. The fraction of sp³-hybridized carbons (Fsp3) is 0.286. The van der Waals surface area contributed by atoms with Gasteiger partial charge in [0.05, 0.1) is 12.7 Å². The van der Waals surface area contributed by atoms with Crippen LogP contribution in [0.3, 0.4) is 0 Å². The minimum absolute atomic E-state index is 0.138. The first-order valence-corrected chi connectivity index (χ1v) is 8.58.